The summed E-state index contributed by atoms with van der Waals surface area (Å²) in [5.41, 5.74) is 6.24. The van der Waals surface area contributed by atoms with Crippen molar-refractivity contribution in [2.24, 2.45) is 11.1 Å². The van der Waals surface area contributed by atoms with E-state index in [2.05, 4.69) is 10.6 Å². The van der Waals surface area contributed by atoms with Crippen molar-refractivity contribution in [1.82, 2.24) is 15.5 Å². The van der Waals surface area contributed by atoms with E-state index >= 15 is 0 Å². The summed E-state index contributed by atoms with van der Waals surface area (Å²) in [7, 11) is 1.69. The van der Waals surface area contributed by atoms with E-state index < -0.39 is 35.7 Å². The van der Waals surface area contributed by atoms with Gasteiger partial charge >= 0.3 is 0 Å². The molecular formula is C24H34N4O5. The van der Waals surface area contributed by atoms with Crippen LogP contribution in [0.5, 0.6) is 5.75 Å². The lowest BCUT2D eigenvalue weighted by atomic mass is 9.83. The molecule has 1 aromatic rings. The molecule has 0 bridgehead atoms. The maximum Gasteiger partial charge on any atom is 0.247 e. The number of likely N-dealkylation sites (N-methyl/N-ethyl adjacent to an activating group) is 1. The van der Waals surface area contributed by atoms with Crippen molar-refractivity contribution >= 4 is 17.7 Å². The number of ether oxygens (including phenoxy) is 2. The molecule has 9 nitrogen and oxygen atoms in total. The zero-order valence-electron chi connectivity index (χ0n) is 19.7. The molecule has 9 heteroatoms. The quantitative estimate of drug-likeness (QED) is 0.602. The van der Waals surface area contributed by atoms with E-state index in [0.29, 0.717) is 19.4 Å². The van der Waals surface area contributed by atoms with Crippen LogP contribution in [-0.2, 0) is 19.1 Å². The summed E-state index contributed by atoms with van der Waals surface area (Å²) in [5, 5.41) is 5.80. The Labute approximate surface area is 194 Å². The average molecular weight is 459 g/mol. The fourth-order valence-electron chi connectivity index (χ4n) is 5.44. The Kier molecular flexibility index (Phi) is 6.37. The lowest BCUT2D eigenvalue weighted by Gasteiger charge is -2.34. The summed E-state index contributed by atoms with van der Waals surface area (Å²) in [6.07, 6.45) is 0.596. The third-order valence-electron chi connectivity index (χ3n) is 7.25. The van der Waals surface area contributed by atoms with Gasteiger partial charge in [0, 0.05) is 18.8 Å². The highest BCUT2D eigenvalue weighted by Crippen LogP contribution is 2.46. The second kappa shape index (κ2) is 8.95. The Balaban J connectivity index is 1.71. The van der Waals surface area contributed by atoms with Gasteiger partial charge < -0.3 is 30.7 Å². The fourth-order valence-corrected chi connectivity index (χ4v) is 5.44. The predicted octanol–water partition coefficient (Wildman–Crippen LogP) is 0.873. The number of nitrogens with two attached hydrogens (primary N) is 1. The van der Waals surface area contributed by atoms with E-state index in [0.717, 1.165) is 17.7 Å². The van der Waals surface area contributed by atoms with E-state index in [1.165, 1.54) is 4.90 Å². The molecule has 0 aromatic heterocycles. The molecule has 3 heterocycles. The van der Waals surface area contributed by atoms with Crippen molar-refractivity contribution in [2.75, 3.05) is 13.7 Å². The normalized spacial score (nSPS) is 31.6. The molecule has 0 aliphatic carbocycles. The second-order valence-corrected chi connectivity index (χ2v) is 9.96. The minimum Gasteiger partial charge on any atom is -0.493 e. The molecule has 2 saturated heterocycles. The summed E-state index contributed by atoms with van der Waals surface area (Å²) in [4.78, 5) is 40.3. The summed E-state index contributed by atoms with van der Waals surface area (Å²) >= 11 is 0. The monoisotopic (exact) mass is 458 g/mol. The number of para-hydroxylation sites is 1. The van der Waals surface area contributed by atoms with Gasteiger partial charge in [-0.15, -0.1) is 0 Å². The molecule has 2 fully saturated rings. The van der Waals surface area contributed by atoms with Crippen LogP contribution in [0.3, 0.4) is 0 Å². The van der Waals surface area contributed by atoms with Crippen LogP contribution >= 0.6 is 0 Å². The zero-order valence-corrected chi connectivity index (χ0v) is 19.7. The largest absolute Gasteiger partial charge is 0.493 e. The number of rotatable bonds is 5. The van der Waals surface area contributed by atoms with Gasteiger partial charge in [0.15, 0.2) is 0 Å². The SMILES string of the molecule is CN[C@@H](C)C(=O)NC1CC([C@@H]2CCOc3ccccc32)OC2CC(C)(C)C(C(N)=O)N2C1=O. The van der Waals surface area contributed by atoms with Crippen molar-refractivity contribution in [1.29, 1.82) is 0 Å². The lowest BCUT2D eigenvalue weighted by molar-refractivity contribution is -0.151. The van der Waals surface area contributed by atoms with Crippen LogP contribution in [-0.4, -0.2) is 66.7 Å². The Morgan fingerprint density at radius 2 is 2.00 bits per heavy atom. The third-order valence-corrected chi connectivity index (χ3v) is 7.25. The Morgan fingerprint density at radius 1 is 1.27 bits per heavy atom. The minimum atomic E-state index is -0.825. The van der Waals surface area contributed by atoms with E-state index in [4.69, 9.17) is 15.2 Å². The number of nitrogens with zero attached hydrogens (tertiary/aromatic N) is 1. The molecule has 3 aliphatic rings. The second-order valence-electron chi connectivity index (χ2n) is 9.96. The van der Waals surface area contributed by atoms with Crippen LogP contribution in [0.1, 0.15) is 51.5 Å². The first-order valence-electron chi connectivity index (χ1n) is 11.6. The summed E-state index contributed by atoms with van der Waals surface area (Å²) in [6, 6.07) is 5.75. The first-order chi connectivity index (χ1) is 15.6. The van der Waals surface area contributed by atoms with Crippen LogP contribution in [0.15, 0.2) is 24.3 Å². The van der Waals surface area contributed by atoms with Crippen molar-refractivity contribution in [2.45, 2.75) is 76.4 Å². The maximum absolute atomic E-state index is 13.7. The molecular weight excluding hydrogens is 424 g/mol. The van der Waals surface area contributed by atoms with Crippen molar-refractivity contribution in [3.8, 4) is 5.75 Å². The molecule has 4 unspecified atom stereocenters. The van der Waals surface area contributed by atoms with Crippen LogP contribution < -0.4 is 21.1 Å². The molecule has 3 aliphatic heterocycles. The van der Waals surface area contributed by atoms with Gasteiger partial charge in [-0.1, -0.05) is 32.0 Å². The van der Waals surface area contributed by atoms with Gasteiger partial charge in [0.25, 0.3) is 0 Å². The highest BCUT2D eigenvalue weighted by atomic mass is 16.5. The number of carbonyl (C=O) groups is 3. The summed E-state index contributed by atoms with van der Waals surface area (Å²) < 4.78 is 12.4. The van der Waals surface area contributed by atoms with Gasteiger partial charge in [-0.2, -0.15) is 0 Å². The molecule has 33 heavy (non-hydrogen) atoms. The Hall–Kier alpha value is -2.65. The number of fused-ring (bicyclic) bond motifs is 2. The van der Waals surface area contributed by atoms with E-state index in [9.17, 15) is 14.4 Å². The third kappa shape index (κ3) is 4.31. The van der Waals surface area contributed by atoms with Gasteiger partial charge in [0.1, 0.15) is 24.1 Å². The standard InChI is InChI=1S/C24H34N4O5/c1-13(26-4)22(30)27-16-11-18(15-9-10-32-17-8-6-5-7-14(15)17)33-19-12-24(2,3)20(21(25)29)28(19)23(16)31/h5-8,13,15-16,18-20,26H,9-12H2,1-4H3,(H2,25,29)(H,27,30)/t13-,15+,16?,18?,19?,20?/m0/s1. The van der Waals surface area contributed by atoms with Crippen LogP contribution in [0.25, 0.3) is 0 Å². The number of primary amides is 1. The fraction of sp³-hybridized carbons (Fsp3) is 0.625. The van der Waals surface area contributed by atoms with Crippen LogP contribution in [0, 0.1) is 5.41 Å². The molecule has 4 N–H and O–H groups in total. The topological polar surface area (TPSA) is 123 Å². The molecule has 4 rings (SSSR count). The van der Waals surface area contributed by atoms with E-state index in [1.54, 1.807) is 14.0 Å². The number of nitrogens with one attached hydrogen (secondary N) is 2. The Bertz CT molecular complexity index is 935. The van der Waals surface area contributed by atoms with Gasteiger partial charge in [0.2, 0.25) is 17.7 Å². The smallest absolute Gasteiger partial charge is 0.247 e. The van der Waals surface area contributed by atoms with Gasteiger partial charge in [0.05, 0.1) is 18.8 Å². The first-order valence-corrected chi connectivity index (χ1v) is 11.6. The zero-order chi connectivity index (χ0) is 23.9. The predicted molar refractivity (Wildman–Crippen MR) is 121 cm³/mol. The van der Waals surface area contributed by atoms with Crippen molar-refractivity contribution in [3.05, 3.63) is 29.8 Å². The lowest BCUT2D eigenvalue weighted by Crippen LogP contribution is -2.57. The van der Waals surface area contributed by atoms with Gasteiger partial charge in [-0.05, 0) is 37.4 Å². The number of carbonyl (C=O) groups excluding carboxylic acids is 3. The molecule has 1 aromatic carbocycles. The molecule has 6 atom stereocenters. The van der Waals surface area contributed by atoms with Crippen molar-refractivity contribution < 1.29 is 23.9 Å². The summed E-state index contributed by atoms with van der Waals surface area (Å²) in [5.74, 6) is -0.359. The van der Waals surface area contributed by atoms with Gasteiger partial charge in [-0.25, -0.2) is 0 Å². The molecule has 0 radical (unpaired) electrons. The van der Waals surface area contributed by atoms with Gasteiger partial charge in [-0.3, -0.25) is 14.4 Å². The number of benzene rings is 1. The Morgan fingerprint density at radius 3 is 2.70 bits per heavy atom. The summed E-state index contributed by atoms with van der Waals surface area (Å²) in [6.45, 7) is 6.12. The first kappa shape index (κ1) is 23.5. The highest BCUT2D eigenvalue weighted by Gasteiger charge is 2.56. The number of hydrogen-bond donors (Lipinski definition) is 3. The van der Waals surface area contributed by atoms with E-state index in [-0.39, 0.29) is 23.8 Å². The molecule has 0 saturated carbocycles. The average Bonchev–Trinajstić information content (AvgIpc) is 2.99. The minimum absolute atomic E-state index is 0.000402. The van der Waals surface area contributed by atoms with Crippen LogP contribution in [0.4, 0.5) is 0 Å². The number of amides is 3. The maximum atomic E-state index is 13.7. The van der Waals surface area contributed by atoms with Crippen molar-refractivity contribution in [3.63, 3.8) is 0 Å². The number of hydrogen-bond acceptors (Lipinski definition) is 6. The highest BCUT2D eigenvalue weighted by molar-refractivity contribution is 5.93. The van der Waals surface area contributed by atoms with Crippen LogP contribution in [0.2, 0.25) is 0 Å². The van der Waals surface area contributed by atoms with E-state index in [1.807, 2.05) is 38.1 Å². The molecule has 180 valence electrons. The molecule has 3 amide bonds. The molecule has 0 spiro atoms.